The highest BCUT2D eigenvalue weighted by atomic mass is 32.1. The molecule has 0 aliphatic heterocycles. The van der Waals surface area contributed by atoms with Crippen LogP contribution in [0.4, 0.5) is 0 Å². The number of rotatable bonds is 2. The van der Waals surface area contributed by atoms with Gasteiger partial charge in [-0.2, -0.15) is 0 Å². The van der Waals surface area contributed by atoms with Crippen molar-refractivity contribution in [3.8, 4) is 0 Å². The largest absolute Gasteiger partial charge is 0.298 e. The van der Waals surface area contributed by atoms with Gasteiger partial charge in [-0.25, -0.2) is 4.98 Å². The quantitative estimate of drug-likeness (QED) is 0.756. The van der Waals surface area contributed by atoms with Crippen LogP contribution < -0.4 is 0 Å². The second kappa shape index (κ2) is 4.26. The van der Waals surface area contributed by atoms with E-state index < -0.39 is 0 Å². The van der Waals surface area contributed by atoms with Crippen molar-refractivity contribution in [3.05, 3.63) is 57.6 Å². The third kappa shape index (κ3) is 1.72. The van der Waals surface area contributed by atoms with Gasteiger partial charge in [0.15, 0.2) is 0 Å². The minimum absolute atomic E-state index is 0.813. The number of thiazole rings is 1. The lowest BCUT2D eigenvalue weighted by Crippen LogP contribution is -2.07. The minimum atomic E-state index is 0.813. The second-order valence-corrected chi connectivity index (χ2v) is 4.77. The Bertz CT molecular complexity index is 584. The van der Waals surface area contributed by atoms with Gasteiger partial charge in [0, 0.05) is 16.5 Å². The summed E-state index contributed by atoms with van der Waals surface area (Å²) in [6, 6.07) is 8.26. The zero-order chi connectivity index (χ0) is 11.7. The van der Waals surface area contributed by atoms with Crippen LogP contribution in [-0.2, 0) is 11.2 Å². The Kier molecular flexibility index (Phi) is 2.61. The molecule has 0 atom stereocenters. The lowest BCUT2D eigenvalue weighted by atomic mass is 9.85. The van der Waals surface area contributed by atoms with Crippen molar-refractivity contribution in [1.82, 2.24) is 4.98 Å². The van der Waals surface area contributed by atoms with Crippen molar-refractivity contribution in [1.29, 1.82) is 0 Å². The Morgan fingerprint density at radius 3 is 2.88 bits per heavy atom. The van der Waals surface area contributed by atoms with Crippen molar-refractivity contribution in [2.75, 3.05) is 0 Å². The van der Waals surface area contributed by atoms with Gasteiger partial charge in [0.1, 0.15) is 6.29 Å². The fourth-order valence-electron chi connectivity index (χ4n) is 2.31. The number of hydrogen-bond acceptors (Lipinski definition) is 3. The molecular formula is C14H11NOS. The molecule has 84 valence electrons. The van der Waals surface area contributed by atoms with Gasteiger partial charge in [-0.15, -0.1) is 11.3 Å². The first-order valence-electron chi connectivity index (χ1n) is 5.55. The topological polar surface area (TPSA) is 30.0 Å². The zero-order valence-corrected chi connectivity index (χ0v) is 10.0. The highest BCUT2D eigenvalue weighted by molar-refractivity contribution is 7.07. The molecule has 1 aliphatic rings. The summed E-state index contributed by atoms with van der Waals surface area (Å²) in [5.74, 6) is 0. The van der Waals surface area contributed by atoms with E-state index in [4.69, 9.17) is 0 Å². The average molecular weight is 241 g/mol. The van der Waals surface area contributed by atoms with E-state index in [2.05, 4.69) is 17.1 Å². The molecule has 0 N–H and O–H groups in total. The zero-order valence-electron chi connectivity index (χ0n) is 9.22. The normalized spacial score (nSPS) is 14.6. The fraction of sp³-hybridized carbons (Fsp3) is 0.143. The summed E-state index contributed by atoms with van der Waals surface area (Å²) in [6.45, 7) is 0. The Hall–Kier alpha value is -1.74. The van der Waals surface area contributed by atoms with Gasteiger partial charge in [-0.05, 0) is 24.0 Å². The number of fused-ring (bicyclic) bond motifs is 1. The van der Waals surface area contributed by atoms with Gasteiger partial charge in [-0.3, -0.25) is 4.79 Å². The van der Waals surface area contributed by atoms with E-state index in [1.165, 1.54) is 5.56 Å². The molecule has 0 bridgehead atoms. The lowest BCUT2D eigenvalue weighted by Gasteiger charge is -2.19. The predicted molar refractivity (Wildman–Crippen MR) is 69.0 cm³/mol. The summed E-state index contributed by atoms with van der Waals surface area (Å²) in [7, 11) is 0. The number of carbonyl (C=O) groups is 1. The van der Waals surface area contributed by atoms with Gasteiger partial charge in [0.25, 0.3) is 0 Å². The molecule has 0 unspecified atom stereocenters. The highest BCUT2D eigenvalue weighted by Gasteiger charge is 2.20. The van der Waals surface area contributed by atoms with E-state index in [1.54, 1.807) is 11.3 Å². The number of aldehydes is 1. The number of allylic oxidation sites excluding steroid dienone is 1. The second-order valence-electron chi connectivity index (χ2n) is 4.05. The van der Waals surface area contributed by atoms with Crippen molar-refractivity contribution < 1.29 is 4.79 Å². The molecule has 0 amide bonds. The molecule has 3 heteroatoms. The summed E-state index contributed by atoms with van der Waals surface area (Å²) in [5.41, 5.74) is 7.08. The first-order valence-corrected chi connectivity index (χ1v) is 6.49. The van der Waals surface area contributed by atoms with Crippen LogP contribution in [0.15, 0.2) is 40.7 Å². The summed E-state index contributed by atoms with van der Waals surface area (Å²) in [4.78, 5) is 15.5. The Labute approximate surface area is 104 Å². The standard InChI is InChI=1S/C14H11NOS/c16-7-11-6-5-10-3-1-2-4-12(10)14(11)13-8-17-9-15-13/h1-4,7-9H,5-6H2. The van der Waals surface area contributed by atoms with E-state index in [-0.39, 0.29) is 0 Å². The third-order valence-electron chi connectivity index (χ3n) is 3.10. The third-order valence-corrected chi connectivity index (χ3v) is 3.69. The van der Waals surface area contributed by atoms with Crippen LogP contribution >= 0.6 is 11.3 Å². The smallest absolute Gasteiger partial charge is 0.146 e. The van der Waals surface area contributed by atoms with Crippen LogP contribution in [0.25, 0.3) is 5.57 Å². The Morgan fingerprint density at radius 1 is 1.24 bits per heavy atom. The predicted octanol–water partition coefficient (Wildman–Crippen LogP) is 3.09. The Morgan fingerprint density at radius 2 is 2.12 bits per heavy atom. The Balaban J connectivity index is 2.25. The minimum Gasteiger partial charge on any atom is -0.298 e. The van der Waals surface area contributed by atoms with E-state index in [0.29, 0.717) is 0 Å². The molecule has 1 aliphatic carbocycles. The summed E-state index contributed by atoms with van der Waals surface area (Å²) >= 11 is 1.56. The van der Waals surface area contributed by atoms with E-state index in [0.717, 1.165) is 41.5 Å². The lowest BCUT2D eigenvalue weighted by molar-refractivity contribution is -0.105. The van der Waals surface area contributed by atoms with Gasteiger partial charge in [0.05, 0.1) is 11.2 Å². The summed E-state index contributed by atoms with van der Waals surface area (Å²) in [6.07, 6.45) is 2.73. The molecule has 0 spiro atoms. The SMILES string of the molecule is O=CC1=C(c2cscn2)c2ccccc2CC1. The summed E-state index contributed by atoms with van der Waals surface area (Å²) in [5, 5.41) is 2.00. The maximum Gasteiger partial charge on any atom is 0.146 e. The van der Waals surface area contributed by atoms with Crippen LogP contribution in [0.1, 0.15) is 23.2 Å². The number of hydrogen-bond donors (Lipinski definition) is 0. The van der Waals surface area contributed by atoms with E-state index in [9.17, 15) is 4.79 Å². The maximum atomic E-state index is 11.2. The van der Waals surface area contributed by atoms with Crippen LogP contribution in [0.2, 0.25) is 0 Å². The van der Waals surface area contributed by atoms with Gasteiger partial charge in [0.2, 0.25) is 0 Å². The van der Waals surface area contributed by atoms with Crippen LogP contribution in [0, 0.1) is 0 Å². The number of carbonyl (C=O) groups excluding carboxylic acids is 1. The number of benzene rings is 1. The van der Waals surface area contributed by atoms with Crippen molar-refractivity contribution in [3.63, 3.8) is 0 Å². The van der Waals surface area contributed by atoms with Gasteiger partial charge < -0.3 is 0 Å². The molecule has 0 radical (unpaired) electrons. The molecule has 3 rings (SSSR count). The van der Waals surface area contributed by atoms with E-state index >= 15 is 0 Å². The number of aryl methyl sites for hydroxylation is 1. The van der Waals surface area contributed by atoms with Gasteiger partial charge in [-0.1, -0.05) is 24.3 Å². The molecule has 0 fully saturated rings. The van der Waals surface area contributed by atoms with Crippen molar-refractivity contribution in [2.45, 2.75) is 12.8 Å². The first kappa shape index (κ1) is 10.4. The van der Waals surface area contributed by atoms with Crippen molar-refractivity contribution >= 4 is 23.2 Å². The first-order chi connectivity index (χ1) is 8.40. The van der Waals surface area contributed by atoms with Crippen LogP contribution in [0.3, 0.4) is 0 Å². The molecule has 0 saturated carbocycles. The van der Waals surface area contributed by atoms with Crippen molar-refractivity contribution in [2.24, 2.45) is 0 Å². The molecule has 0 saturated heterocycles. The molecule has 17 heavy (non-hydrogen) atoms. The van der Waals surface area contributed by atoms with Crippen LogP contribution in [-0.4, -0.2) is 11.3 Å². The average Bonchev–Trinajstić information content (AvgIpc) is 2.91. The molecule has 2 aromatic rings. The number of nitrogens with zero attached hydrogens (tertiary/aromatic N) is 1. The maximum absolute atomic E-state index is 11.2. The number of aromatic nitrogens is 1. The molecule has 1 aromatic heterocycles. The van der Waals surface area contributed by atoms with Crippen LogP contribution in [0.5, 0.6) is 0 Å². The molecule has 1 heterocycles. The monoisotopic (exact) mass is 241 g/mol. The molecule has 2 nitrogen and oxygen atoms in total. The van der Waals surface area contributed by atoms with Gasteiger partial charge >= 0.3 is 0 Å². The highest BCUT2D eigenvalue weighted by Crippen LogP contribution is 2.34. The molecular weight excluding hydrogens is 230 g/mol. The molecule has 1 aromatic carbocycles. The summed E-state index contributed by atoms with van der Waals surface area (Å²) < 4.78 is 0. The van der Waals surface area contributed by atoms with E-state index in [1.807, 2.05) is 23.0 Å². The fourth-order valence-corrected chi connectivity index (χ4v) is 2.85.